The van der Waals surface area contributed by atoms with Gasteiger partial charge >= 0.3 is 6.03 Å². The van der Waals surface area contributed by atoms with Gasteiger partial charge in [0.25, 0.3) is 5.69 Å². The number of nitrogens with one attached hydrogen (secondary N) is 1. The summed E-state index contributed by atoms with van der Waals surface area (Å²) in [4.78, 5) is 23.4. The first-order valence-corrected chi connectivity index (χ1v) is 5.74. The Bertz CT molecular complexity index is 431. The molecule has 1 N–H and O–H groups in total. The number of nitrogens with zero attached hydrogens (tertiary/aromatic N) is 2. The second-order valence-corrected chi connectivity index (χ2v) is 4.10. The Morgan fingerprint density at radius 2 is 2.00 bits per heavy atom. The Labute approximate surface area is 106 Å². The van der Waals surface area contributed by atoms with Crippen molar-refractivity contribution in [3.63, 3.8) is 0 Å². The predicted molar refractivity (Wildman–Crippen MR) is 69.6 cm³/mol. The summed E-state index contributed by atoms with van der Waals surface area (Å²) in [5.41, 5.74) is 0.545. The summed E-state index contributed by atoms with van der Waals surface area (Å²) in [6, 6.07) is 5.67. The van der Waals surface area contributed by atoms with Crippen LogP contribution in [0.4, 0.5) is 16.2 Å². The Kier molecular flexibility index (Phi) is 4.65. The predicted octanol–water partition coefficient (Wildman–Crippen LogP) is 2.86. The van der Waals surface area contributed by atoms with Gasteiger partial charge in [-0.2, -0.15) is 0 Å². The highest BCUT2D eigenvalue weighted by Gasteiger charge is 2.14. The van der Waals surface area contributed by atoms with Crippen molar-refractivity contribution >= 4 is 17.4 Å². The molecule has 0 saturated heterocycles. The van der Waals surface area contributed by atoms with E-state index in [2.05, 4.69) is 5.32 Å². The number of rotatable bonds is 4. The molecule has 0 unspecified atom stereocenters. The highest BCUT2D eigenvalue weighted by Crippen LogP contribution is 2.16. The second kappa shape index (κ2) is 6.00. The zero-order chi connectivity index (χ0) is 13.7. The molecule has 0 radical (unpaired) electrons. The molecular formula is C12H17N3O3. The molecule has 2 amide bonds. The van der Waals surface area contributed by atoms with E-state index in [1.807, 2.05) is 13.8 Å². The van der Waals surface area contributed by atoms with Gasteiger partial charge in [-0.3, -0.25) is 10.1 Å². The number of carbonyl (C=O) groups excluding carboxylic acids is 1. The number of urea groups is 1. The van der Waals surface area contributed by atoms with Crippen LogP contribution < -0.4 is 5.32 Å². The molecule has 0 saturated carbocycles. The van der Waals surface area contributed by atoms with E-state index in [4.69, 9.17) is 0 Å². The van der Waals surface area contributed by atoms with Gasteiger partial charge in [0.15, 0.2) is 0 Å². The molecule has 1 aromatic carbocycles. The standard InChI is InChI=1S/C12H17N3O3/c1-4-9(2)14(3)12(16)13-10-5-7-11(8-6-10)15(17)18/h5-9H,4H2,1-3H3,(H,13,16)/t9-/m0/s1. The molecule has 0 aromatic heterocycles. The van der Waals surface area contributed by atoms with E-state index in [0.29, 0.717) is 5.69 Å². The molecule has 0 aliphatic carbocycles. The van der Waals surface area contributed by atoms with Gasteiger partial charge in [0.05, 0.1) is 4.92 Å². The third-order valence-corrected chi connectivity index (χ3v) is 2.90. The Balaban J connectivity index is 2.67. The molecule has 1 rings (SSSR count). The number of hydrogen-bond donors (Lipinski definition) is 1. The van der Waals surface area contributed by atoms with Crippen LogP contribution in [-0.4, -0.2) is 28.9 Å². The van der Waals surface area contributed by atoms with Crippen LogP contribution in [0.1, 0.15) is 20.3 Å². The van der Waals surface area contributed by atoms with Gasteiger partial charge in [0.1, 0.15) is 0 Å². The summed E-state index contributed by atoms with van der Waals surface area (Å²) >= 11 is 0. The Morgan fingerprint density at radius 1 is 1.44 bits per heavy atom. The van der Waals surface area contributed by atoms with Crippen LogP contribution in [0, 0.1) is 10.1 Å². The van der Waals surface area contributed by atoms with Crippen LogP contribution in [0.15, 0.2) is 24.3 Å². The van der Waals surface area contributed by atoms with Crippen molar-refractivity contribution in [1.29, 1.82) is 0 Å². The minimum Gasteiger partial charge on any atom is -0.325 e. The number of benzene rings is 1. The molecule has 1 aromatic rings. The summed E-state index contributed by atoms with van der Waals surface area (Å²) in [6.07, 6.45) is 0.865. The average Bonchev–Trinajstić information content (AvgIpc) is 2.37. The van der Waals surface area contributed by atoms with Crippen molar-refractivity contribution in [3.8, 4) is 0 Å². The molecule has 0 aliphatic heterocycles. The van der Waals surface area contributed by atoms with Crippen LogP contribution in [-0.2, 0) is 0 Å². The number of non-ortho nitro benzene ring substituents is 1. The second-order valence-electron chi connectivity index (χ2n) is 4.10. The number of nitro benzene ring substituents is 1. The van der Waals surface area contributed by atoms with Crippen molar-refractivity contribution in [2.75, 3.05) is 12.4 Å². The molecular weight excluding hydrogens is 234 g/mol. The summed E-state index contributed by atoms with van der Waals surface area (Å²) < 4.78 is 0. The fourth-order valence-electron chi connectivity index (χ4n) is 1.35. The van der Waals surface area contributed by atoms with E-state index in [1.165, 1.54) is 24.3 Å². The highest BCUT2D eigenvalue weighted by molar-refractivity contribution is 5.89. The number of hydrogen-bond acceptors (Lipinski definition) is 3. The van der Waals surface area contributed by atoms with Gasteiger partial charge in [-0.25, -0.2) is 4.79 Å². The molecule has 0 spiro atoms. The van der Waals surface area contributed by atoms with Crippen molar-refractivity contribution < 1.29 is 9.72 Å². The molecule has 0 aliphatic rings. The maximum atomic E-state index is 11.8. The third kappa shape index (κ3) is 3.44. The lowest BCUT2D eigenvalue weighted by Crippen LogP contribution is -2.37. The molecule has 18 heavy (non-hydrogen) atoms. The van der Waals surface area contributed by atoms with Gasteiger partial charge in [-0.05, 0) is 25.5 Å². The minimum absolute atomic E-state index is 0.00304. The van der Waals surface area contributed by atoms with Crippen LogP contribution in [0.2, 0.25) is 0 Å². The fourth-order valence-corrected chi connectivity index (χ4v) is 1.35. The Morgan fingerprint density at radius 3 is 2.44 bits per heavy atom. The minimum atomic E-state index is -0.475. The number of amides is 2. The van der Waals surface area contributed by atoms with Crippen LogP contribution in [0.25, 0.3) is 0 Å². The van der Waals surface area contributed by atoms with Crippen LogP contribution >= 0.6 is 0 Å². The molecule has 6 heteroatoms. The first kappa shape index (κ1) is 14.0. The van der Waals surface area contributed by atoms with Crippen LogP contribution in [0.5, 0.6) is 0 Å². The van der Waals surface area contributed by atoms with Crippen molar-refractivity contribution in [1.82, 2.24) is 4.90 Å². The van der Waals surface area contributed by atoms with E-state index in [9.17, 15) is 14.9 Å². The lowest BCUT2D eigenvalue weighted by Gasteiger charge is -2.24. The van der Waals surface area contributed by atoms with E-state index < -0.39 is 4.92 Å². The zero-order valence-electron chi connectivity index (χ0n) is 10.7. The topological polar surface area (TPSA) is 75.5 Å². The van der Waals surface area contributed by atoms with Gasteiger partial charge in [-0.1, -0.05) is 6.92 Å². The van der Waals surface area contributed by atoms with E-state index in [-0.39, 0.29) is 17.8 Å². The molecule has 98 valence electrons. The lowest BCUT2D eigenvalue weighted by atomic mass is 10.2. The zero-order valence-corrected chi connectivity index (χ0v) is 10.7. The third-order valence-electron chi connectivity index (χ3n) is 2.90. The first-order valence-electron chi connectivity index (χ1n) is 5.74. The van der Waals surface area contributed by atoms with Gasteiger partial charge in [0.2, 0.25) is 0 Å². The molecule has 6 nitrogen and oxygen atoms in total. The summed E-state index contributed by atoms with van der Waals surface area (Å²) in [6.45, 7) is 3.95. The van der Waals surface area contributed by atoms with Crippen molar-refractivity contribution in [2.45, 2.75) is 26.3 Å². The number of anilines is 1. The van der Waals surface area contributed by atoms with Crippen LogP contribution in [0.3, 0.4) is 0 Å². The van der Waals surface area contributed by atoms with Gasteiger partial charge < -0.3 is 10.2 Å². The van der Waals surface area contributed by atoms with Gasteiger partial charge in [-0.15, -0.1) is 0 Å². The summed E-state index contributed by atoms with van der Waals surface area (Å²) in [7, 11) is 1.72. The van der Waals surface area contributed by atoms with E-state index >= 15 is 0 Å². The number of carbonyl (C=O) groups is 1. The largest absolute Gasteiger partial charge is 0.325 e. The quantitative estimate of drug-likeness (QED) is 0.660. The maximum absolute atomic E-state index is 11.8. The monoisotopic (exact) mass is 251 g/mol. The molecule has 0 fully saturated rings. The highest BCUT2D eigenvalue weighted by atomic mass is 16.6. The molecule has 1 atom stereocenters. The van der Waals surface area contributed by atoms with Gasteiger partial charge in [0, 0.05) is 30.9 Å². The smallest absolute Gasteiger partial charge is 0.321 e. The normalized spacial score (nSPS) is 11.7. The Hall–Kier alpha value is -2.11. The molecule has 0 bridgehead atoms. The lowest BCUT2D eigenvalue weighted by molar-refractivity contribution is -0.384. The SMILES string of the molecule is CC[C@H](C)N(C)C(=O)Nc1ccc([N+](=O)[O-])cc1. The van der Waals surface area contributed by atoms with Crippen molar-refractivity contribution in [3.05, 3.63) is 34.4 Å². The van der Waals surface area contributed by atoms with E-state index in [0.717, 1.165) is 6.42 Å². The van der Waals surface area contributed by atoms with Crippen molar-refractivity contribution in [2.24, 2.45) is 0 Å². The molecule has 0 heterocycles. The maximum Gasteiger partial charge on any atom is 0.321 e. The average molecular weight is 251 g/mol. The summed E-state index contributed by atoms with van der Waals surface area (Å²) in [5.74, 6) is 0. The fraction of sp³-hybridized carbons (Fsp3) is 0.417. The summed E-state index contributed by atoms with van der Waals surface area (Å²) in [5, 5.41) is 13.2. The first-order chi connectivity index (χ1) is 8.45. The van der Waals surface area contributed by atoms with E-state index in [1.54, 1.807) is 11.9 Å². The number of nitro groups is 1.